The van der Waals surface area contributed by atoms with Gasteiger partial charge >= 0.3 is 17.9 Å². The summed E-state index contributed by atoms with van der Waals surface area (Å²) in [6.45, 7) is 14.4. The van der Waals surface area contributed by atoms with Crippen molar-refractivity contribution < 1.29 is 143 Å². The van der Waals surface area contributed by atoms with Crippen molar-refractivity contribution in [1.82, 2.24) is 0 Å². The molecule has 4 aliphatic heterocycles. The molecule has 4 saturated heterocycles. The number of rotatable bonds is 17. The maximum atomic E-state index is 14.3. The molecule has 522 valence electrons. The fraction of sp³-hybridized carbons (Fsp3) is 0.841. The van der Waals surface area contributed by atoms with Crippen LogP contribution < -0.4 is 0 Å². The van der Waals surface area contributed by atoms with Gasteiger partial charge in [0.1, 0.15) is 97.8 Å². The molecule has 0 amide bonds. The van der Waals surface area contributed by atoms with Crippen LogP contribution in [0.4, 0.5) is 0 Å². The summed E-state index contributed by atoms with van der Waals surface area (Å²) in [6, 6.07) is 0. The number of hydrogen-bond donors (Lipinski definition) is 15. The van der Waals surface area contributed by atoms with E-state index in [1.807, 2.05) is 40.7 Å². The summed E-state index contributed by atoms with van der Waals surface area (Å²) < 4.78 is 60.9. The first-order valence-electron chi connectivity index (χ1n) is 31.7. The fourth-order valence-electron chi connectivity index (χ4n) is 17.5. The number of aliphatic hydroxyl groups excluding tert-OH is 14. The Morgan fingerprint density at radius 2 is 1.15 bits per heavy atom. The predicted molar refractivity (Wildman–Crippen MR) is 310 cm³/mol. The third-order valence-electron chi connectivity index (χ3n) is 23.4. The number of carboxylic acid groups (broad SMARTS) is 1. The highest BCUT2D eigenvalue weighted by atomic mass is 16.8. The molecule has 29 nitrogen and oxygen atoms in total. The van der Waals surface area contributed by atoms with Crippen LogP contribution in [0.3, 0.4) is 0 Å². The second-order valence-corrected chi connectivity index (χ2v) is 28.5. The second-order valence-electron chi connectivity index (χ2n) is 28.5. The number of aliphatic hydroxyl groups is 14. The molecule has 0 aromatic heterocycles. The van der Waals surface area contributed by atoms with Crippen molar-refractivity contribution in [3.05, 3.63) is 34.9 Å². The normalized spacial score (nSPS) is 50.4. The number of carbonyl (C=O) groups is 4. The van der Waals surface area contributed by atoms with Crippen molar-refractivity contribution in [1.29, 1.82) is 0 Å². The van der Waals surface area contributed by atoms with E-state index in [1.165, 1.54) is 0 Å². The van der Waals surface area contributed by atoms with E-state index in [1.54, 1.807) is 46.8 Å². The van der Waals surface area contributed by atoms with Gasteiger partial charge < -0.3 is 129 Å². The number of aldehydes is 1. The summed E-state index contributed by atoms with van der Waals surface area (Å²) in [4.78, 5) is 55.1. The lowest BCUT2D eigenvalue weighted by Crippen LogP contribution is -2.76. The Balaban J connectivity index is 1.07. The predicted octanol–water partition coefficient (Wildman–Crippen LogP) is -2.73. The van der Waals surface area contributed by atoms with Gasteiger partial charge in [-0.25, -0.2) is 14.4 Å². The minimum absolute atomic E-state index is 0.0203. The van der Waals surface area contributed by atoms with Crippen molar-refractivity contribution in [2.24, 2.45) is 50.2 Å². The molecule has 9 rings (SSSR count). The van der Waals surface area contributed by atoms with Crippen LogP contribution >= 0.6 is 0 Å². The summed E-state index contributed by atoms with van der Waals surface area (Å²) in [5.41, 5.74) is -6.09. The molecule has 4 saturated carbocycles. The average Bonchev–Trinajstić information content (AvgIpc) is 0.663. The highest BCUT2D eigenvalue weighted by Crippen LogP contribution is 2.76. The van der Waals surface area contributed by atoms with Crippen molar-refractivity contribution in [3.63, 3.8) is 0 Å². The van der Waals surface area contributed by atoms with E-state index in [2.05, 4.69) is 0 Å². The Hall–Kier alpha value is -3.58. The van der Waals surface area contributed by atoms with Crippen LogP contribution in [-0.2, 0) is 66.5 Å². The standard InChI is InChI=1S/C63H96O29/c1-11-25(3)52(81)91-49-50(92-53(82)26(4)12-2)63(24-67)28(19-58(49,5)6)27-13-14-33-59(7)17-16-34(60(8,23-66)32(59)15-18-61(33,9)62(27,10)47(77)48(63)78)86-57-46(90-55-41(75)39(73)37(71)31(21-65)85-55)43(42(76)44(88-57)51(79)80)87-56-45(35(69)29(68)22-83-56)89-54-40(74)38(72)36(70)30(20-64)84-54/h11-13,23,28-50,54-57,64-65,67-78H,14-22,24H2,1-10H3,(H,79,80)/b25-11+,26-12+/t28?,29-,30-,31-,32?,33?,34+,35-,36-,37+,38+,39+,40-,41-,42+,43+,44+,45-,46-,47+,48-,49+,50+,54+,55+,56+,57-,59+,60+,61-,62+,63+/m1/s1. The molecule has 9 aliphatic rings. The highest BCUT2D eigenvalue weighted by Gasteiger charge is 2.77. The molecule has 0 aromatic carbocycles. The number of ether oxygens (including phenoxy) is 10. The molecular formula is C63H96O29. The Morgan fingerprint density at radius 1 is 0.609 bits per heavy atom. The molecule has 4 heterocycles. The second kappa shape index (κ2) is 27.0. The lowest BCUT2D eigenvalue weighted by molar-refractivity contribution is -0.400. The molecule has 0 spiro atoms. The van der Waals surface area contributed by atoms with Crippen LogP contribution in [0.25, 0.3) is 0 Å². The summed E-state index contributed by atoms with van der Waals surface area (Å²) in [7, 11) is 0. The topological polar surface area (TPSA) is 464 Å². The van der Waals surface area contributed by atoms with Gasteiger partial charge in [-0.2, -0.15) is 0 Å². The molecule has 8 fully saturated rings. The van der Waals surface area contributed by atoms with Crippen LogP contribution in [0.2, 0.25) is 0 Å². The van der Waals surface area contributed by atoms with Crippen molar-refractivity contribution >= 4 is 24.2 Å². The first kappa shape index (κ1) is 72.7. The molecule has 0 aromatic rings. The molecule has 29 heteroatoms. The smallest absolute Gasteiger partial charge is 0.335 e. The van der Waals surface area contributed by atoms with E-state index in [0.29, 0.717) is 12.8 Å². The zero-order valence-electron chi connectivity index (χ0n) is 53.4. The molecule has 3 unspecified atom stereocenters. The molecular weight excluding hydrogens is 1220 g/mol. The SMILES string of the molecule is C/C=C(\C)C(=O)O[C@H]1[C@H](OC(=O)/C(C)=C/C)[C@@]2(CO)C(CC1(C)C)C1=CCC3[C@@]4(C)CC[C@H](O[C@@H]5O[C@H](C(=O)O)[C@@H](O)[C@H](O[C@@H]6OC[C@@H](O)[C@@H](O)[C@H]6O[C@@H]6O[C@H](CO)[C@@H](O)[C@H](O)[C@H]6O)[C@H]5O[C@@H]5O[C@H](CO)[C@H](O)[C@H](O)[C@H]5O)[C@@](C)(C=O)C4CC[C@@]3(C)[C@]1(C)[C@@H](O)[C@H]2O. The lowest BCUT2D eigenvalue weighted by atomic mass is 9.32. The monoisotopic (exact) mass is 1320 g/mol. The average molecular weight is 1320 g/mol. The maximum absolute atomic E-state index is 14.3. The van der Waals surface area contributed by atoms with Gasteiger partial charge in [0.25, 0.3) is 0 Å². The van der Waals surface area contributed by atoms with E-state index in [4.69, 9.17) is 47.4 Å². The zero-order valence-corrected chi connectivity index (χ0v) is 53.4. The third-order valence-corrected chi connectivity index (χ3v) is 23.4. The first-order valence-corrected chi connectivity index (χ1v) is 31.7. The Morgan fingerprint density at radius 3 is 1.67 bits per heavy atom. The number of allylic oxidation sites excluding steroid dienone is 3. The molecule has 92 heavy (non-hydrogen) atoms. The quantitative estimate of drug-likeness (QED) is 0.0231. The lowest BCUT2D eigenvalue weighted by Gasteiger charge is -2.73. The summed E-state index contributed by atoms with van der Waals surface area (Å²) in [5, 5.41) is 168. The van der Waals surface area contributed by atoms with Crippen molar-refractivity contribution in [2.45, 2.75) is 255 Å². The van der Waals surface area contributed by atoms with E-state index in [0.717, 1.165) is 11.9 Å². The molecule has 5 aliphatic carbocycles. The van der Waals surface area contributed by atoms with Gasteiger partial charge in [-0.05, 0) is 94.8 Å². The largest absolute Gasteiger partial charge is 0.479 e. The van der Waals surface area contributed by atoms with Gasteiger partial charge in [0.15, 0.2) is 37.4 Å². The van der Waals surface area contributed by atoms with Crippen LogP contribution in [0.5, 0.6) is 0 Å². The van der Waals surface area contributed by atoms with Crippen LogP contribution in [0.1, 0.15) is 108 Å². The highest BCUT2D eigenvalue weighted by molar-refractivity contribution is 5.89. The Kier molecular flexibility index (Phi) is 21.4. The number of aliphatic carboxylic acids is 1. The van der Waals surface area contributed by atoms with E-state index < -0.39 is 236 Å². The summed E-state index contributed by atoms with van der Waals surface area (Å²) >= 11 is 0. The molecule has 0 radical (unpaired) electrons. The van der Waals surface area contributed by atoms with Crippen LogP contribution in [0, 0.1) is 50.2 Å². The van der Waals surface area contributed by atoms with Gasteiger partial charge in [-0.1, -0.05) is 65.3 Å². The Labute approximate surface area is 532 Å². The van der Waals surface area contributed by atoms with Crippen LogP contribution in [0.15, 0.2) is 34.9 Å². The van der Waals surface area contributed by atoms with Gasteiger partial charge in [-0.15, -0.1) is 0 Å². The first-order chi connectivity index (χ1) is 43.1. The van der Waals surface area contributed by atoms with Gasteiger partial charge in [0, 0.05) is 22.0 Å². The minimum atomic E-state index is -2.35. The summed E-state index contributed by atoms with van der Waals surface area (Å²) in [5.74, 6) is -4.99. The van der Waals surface area contributed by atoms with E-state index in [-0.39, 0.29) is 42.7 Å². The summed E-state index contributed by atoms with van der Waals surface area (Å²) in [6.07, 6.45) is -38.0. The van der Waals surface area contributed by atoms with Crippen LogP contribution in [-0.4, -0.2) is 274 Å². The number of hydrogen-bond acceptors (Lipinski definition) is 28. The Bertz CT molecular complexity index is 2780. The van der Waals surface area contributed by atoms with Crippen molar-refractivity contribution in [2.75, 3.05) is 26.4 Å². The number of fused-ring (bicyclic) bond motifs is 7. The number of carboxylic acids is 1. The number of carbonyl (C=O) groups excluding carboxylic acids is 3. The molecule has 0 bridgehead atoms. The van der Waals surface area contributed by atoms with E-state index >= 15 is 0 Å². The van der Waals surface area contributed by atoms with E-state index in [9.17, 15) is 95.8 Å². The van der Waals surface area contributed by atoms with Gasteiger partial charge in [0.05, 0.1) is 55.6 Å². The third kappa shape index (κ3) is 11.7. The van der Waals surface area contributed by atoms with Gasteiger partial charge in [0.2, 0.25) is 0 Å². The number of esters is 2. The minimum Gasteiger partial charge on any atom is -0.479 e. The molecule has 32 atom stereocenters. The fourth-order valence-corrected chi connectivity index (χ4v) is 17.5. The van der Waals surface area contributed by atoms with Crippen molar-refractivity contribution in [3.8, 4) is 0 Å². The zero-order chi connectivity index (χ0) is 68.0. The van der Waals surface area contributed by atoms with Gasteiger partial charge in [-0.3, -0.25) is 0 Å². The molecule has 15 N–H and O–H groups in total. The maximum Gasteiger partial charge on any atom is 0.335 e.